The Hall–Kier alpha value is -2.92. The third kappa shape index (κ3) is 4.62. The van der Waals surface area contributed by atoms with Gasteiger partial charge in [-0.25, -0.2) is 4.79 Å². The van der Waals surface area contributed by atoms with E-state index in [1.54, 1.807) is 12.1 Å². The van der Waals surface area contributed by atoms with Gasteiger partial charge in [0, 0.05) is 42.7 Å². The molecule has 5 nitrogen and oxygen atoms in total. The second kappa shape index (κ2) is 8.84. The Bertz CT molecular complexity index is 1080. The molecule has 30 heavy (non-hydrogen) atoms. The maximum absolute atomic E-state index is 12.1. The van der Waals surface area contributed by atoms with Crippen molar-refractivity contribution >= 4 is 22.6 Å². The third-order valence-electron chi connectivity index (χ3n) is 6.16. The van der Waals surface area contributed by atoms with Gasteiger partial charge in [-0.15, -0.1) is 0 Å². The molecule has 1 heterocycles. The van der Waals surface area contributed by atoms with Crippen LogP contribution in [0.25, 0.3) is 11.0 Å². The number of carbonyl (C=O) groups excluding carboxylic acids is 1. The van der Waals surface area contributed by atoms with Crippen LogP contribution in [-0.4, -0.2) is 23.9 Å². The quantitative estimate of drug-likeness (QED) is 0.614. The van der Waals surface area contributed by atoms with Crippen LogP contribution >= 0.6 is 0 Å². The first kappa shape index (κ1) is 20.4. The summed E-state index contributed by atoms with van der Waals surface area (Å²) in [6.07, 6.45) is 4.69. The number of hydrogen-bond donors (Lipinski definition) is 1. The van der Waals surface area contributed by atoms with E-state index < -0.39 is 0 Å². The van der Waals surface area contributed by atoms with Gasteiger partial charge < -0.3 is 9.73 Å². The van der Waals surface area contributed by atoms with Gasteiger partial charge in [0.1, 0.15) is 5.58 Å². The Morgan fingerprint density at radius 1 is 1.07 bits per heavy atom. The third-order valence-corrected chi connectivity index (χ3v) is 6.16. The van der Waals surface area contributed by atoms with Crippen LogP contribution in [-0.2, 0) is 11.3 Å². The van der Waals surface area contributed by atoms with Crippen LogP contribution in [0.2, 0.25) is 0 Å². The number of amides is 1. The van der Waals surface area contributed by atoms with Crippen LogP contribution in [0.4, 0.5) is 5.69 Å². The number of rotatable bonds is 5. The van der Waals surface area contributed by atoms with Crippen molar-refractivity contribution in [2.45, 2.75) is 51.1 Å². The smallest absolute Gasteiger partial charge is 0.336 e. The normalized spacial score (nSPS) is 19.2. The second-order valence-electron chi connectivity index (χ2n) is 8.31. The van der Waals surface area contributed by atoms with Crippen LogP contribution in [0.15, 0.2) is 63.8 Å². The van der Waals surface area contributed by atoms with Crippen LogP contribution in [0, 0.1) is 0 Å². The molecule has 4 rings (SSSR count). The summed E-state index contributed by atoms with van der Waals surface area (Å²) in [6, 6.07) is 18.4. The second-order valence-corrected chi connectivity index (χ2v) is 8.31. The Morgan fingerprint density at radius 2 is 1.80 bits per heavy atom. The SMILES string of the molecule is CC(=O)Nc1ccc2c(CN(C)C3CCC(c4ccccc4)CC3)cc(=O)oc2c1. The minimum absolute atomic E-state index is 0.154. The van der Waals surface area contributed by atoms with Crippen molar-refractivity contribution in [3.63, 3.8) is 0 Å². The molecule has 1 N–H and O–H groups in total. The van der Waals surface area contributed by atoms with Gasteiger partial charge in [0.2, 0.25) is 5.91 Å². The molecule has 1 aromatic heterocycles. The van der Waals surface area contributed by atoms with Crippen molar-refractivity contribution in [3.8, 4) is 0 Å². The minimum Gasteiger partial charge on any atom is -0.423 e. The van der Waals surface area contributed by atoms with Crippen LogP contribution in [0.1, 0.15) is 49.7 Å². The van der Waals surface area contributed by atoms with Crippen LogP contribution in [0.5, 0.6) is 0 Å². The highest BCUT2D eigenvalue weighted by molar-refractivity contribution is 5.92. The summed E-state index contributed by atoms with van der Waals surface area (Å²) in [5, 5.41) is 3.65. The highest BCUT2D eigenvalue weighted by Gasteiger charge is 2.25. The maximum atomic E-state index is 12.1. The van der Waals surface area contributed by atoms with Crippen molar-refractivity contribution < 1.29 is 9.21 Å². The lowest BCUT2D eigenvalue weighted by molar-refractivity contribution is -0.114. The lowest BCUT2D eigenvalue weighted by atomic mass is 9.81. The zero-order valence-electron chi connectivity index (χ0n) is 17.6. The van der Waals surface area contributed by atoms with E-state index in [1.165, 1.54) is 25.3 Å². The van der Waals surface area contributed by atoms with Crippen molar-refractivity contribution in [1.82, 2.24) is 4.90 Å². The predicted molar refractivity (Wildman–Crippen MR) is 120 cm³/mol. The maximum Gasteiger partial charge on any atom is 0.336 e. The first-order valence-electron chi connectivity index (χ1n) is 10.6. The molecule has 0 saturated heterocycles. The first-order valence-corrected chi connectivity index (χ1v) is 10.6. The number of carbonyl (C=O) groups is 1. The molecule has 3 aromatic rings. The zero-order chi connectivity index (χ0) is 21.1. The van der Waals surface area contributed by atoms with Gasteiger partial charge in [-0.05, 0) is 61.9 Å². The van der Waals surface area contributed by atoms with Crippen molar-refractivity contribution in [2.75, 3.05) is 12.4 Å². The summed E-state index contributed by atoms with van der Waals surface area (Å²) < 4.78 is 5.39. The largest absolute Gasteiger partial charge is 0.423 e. The van der Waals surface area contributed by atoms with Gasteiger partial charge in [-0.3, -0.25) is 9.69 Å². The average molecular weight is 405 g/mol. The molecule has 1 aliphatic rings. The molecule has 1 saturated carbocycles. The Balaban J connectivity index is 1.47. The summed E-state index contributed by atoms with van der Waals surface area (Å²) in [6.45, 7) is 2.15. The van der Waals surface area contributed by atoms with Crippen molar-refractivity contribution in [1.29, 1.82) is 0 Å². The van der Waals surface area contributed by atoms with Crippen LogP contribution in [0.3, 0.4) is 0 Å². The van der Waals surface area contributed by atoms with Gasteiger partial charge in [-0.1, -0.05) is 30.3 Å². The fraction of sp³-hybridized carbons (Fsp3) is 0.360. The van der Waals surface area contributed by atoms with Crippen molar-refractivity contribution in [2.24, 2.45) is 0 Å². The van der Waals surface area contributed by atoms with E-state index in [0.717, 1.165) is 23.8 Å². The molecule has 2 aromatic carbocycles. The van der Waals surface area contributed by atoms with Gasteiger partial charge in [0.05, 0.1) is 0 Å². The lowest BCUT2D eigenvalue weighted by Crippen LogP contribution is -2.34. The lowest BCUT2D eigenvalue weighted by Gasteiger charge is -2.35. The highest BCUT2D eigenvalue weighted by atomic mass is 16.4. The van der Waals surface area contributed by atoms with Gasteiger partial charge in [0.25, 0.3) is 0 Å². The molecule has 0 unspecified atom stereocenters. The molecular weight excluding hydrogens is 376 g/mol. The fourth-order valence-electron chi connectivity index (χ4n) is 4.61. The Kier molecular flexibility index (Phi) is 6.00. The molecule has 0 bridgehead atoms. The predicted octanol–water partition coefficient (Wildman–Crippen LogP) is 4.91. The fourth-order valence-corrected chi connectivity index (χ4v) is 4.61. The summed E-state index contributed by atoms with van der Waals surface area (Å²) in [5.41, 5.74) is 3.18. The van der Waals surface area contributed by atoms with Crippen LogP contribution < -0.4 is 10.9 Å². The van der Waals surface area contributed by atoms with E-state index in [9.17, 15) is 9.59 Å². The summed E-state index contributed by atoms with van der Waals surface area (Å²) in [7, 11) is 2.14. The summed E-state index contributed by atoms with van der Waals surface area (Å²) in [4.78, 5) is 25.8. The Morgan fingerprint density at radius 3 is 2.50 bits per heavy atom. The number of hydrogen-bond acceptors (Lipinski definition) is 4. The first-order chi connectivity index (χ1) is 14.5. The molecule has 1 aliphatic carbocycles. The monoisotopic (exact) mass is 404 g/mol. The zero-order valence-corrected chi connectivity index (χ0v) is 17.6. The minimum atomic E-state index is -0.362. The number of anilines is 1. The van der Waals surface area contributed by atoms with E-state index in [1.807, 2.05) is 12.1 Å². The van der Waals surface area contributed by atoms with Gasteiger partial charge in [-0.2, -0.15) is 0 Å². The van der Waals surface area contributed by atoms with E-state index in [-0.39, 0.29) is 11.5 Å². The van der Waals surface area contributed by atoms with E-state index in [0.29, 0.717) is 29.8 Å². The summed E-state index contributed by atoms with van der Waals surface area (Å²) in [5.74, 6) is 0.492. The number of benzene rings is 2. The molecule has 1 amide bonds. The average Bonchev–Trinajstić information content (AvgIpc) is 2.73. The van der Waals surface area contributed by atoms with E-state index in [2.05, 4.69) is 47.6 Å². The highest BCUT2D eigenvalue weighted by Crippen LogP contribution is 2.35. The van der Waals surface area contributed by atoms with E-state index >= 15 is 0 Å². The Labute approximate surface area is 176 Å². The van der Waals surface area contributed by atoms with E-state index in [4.69, 9.17) is 4.42 Å². The van der Waals surface area contributed by atoms with Crippen molar-refractivity contribution in [3.05, 3.63) is 76.1 Å². The molecule has 0 aliphatic heterocycles. The number of nitrogens with one attached hydrogen (secondary N) is 1. The number of nitrogens with zero attached hydrogens (tertiary/aromatic N) is 1. The molecule has 1 fully saturated rings. The summed E-state index contributed by atoms with van der Waals surface area (Å²) >= 11 is 0. The molecule has 0 spiro atoms. The van der Waals surface area contributed by atoms with Gasteiger partial charge >= 0.3 is 5.63 Å². The van der Waals surface area contributed by atoms with Gasteiger partial charge in [0.15, 0.2) is 0 Å². The molecule has 156 valence electrons. The topological polar surface area (TPSA) is 62.6 Å². The molecule has 0 radical (unpaired) electrons. The molecular formula is C25H28N2O3. The number of fused-ring (bicyclic) bond motifs is 1. The molecule has 0 atom stereocenters. The standard InChI is InChI=1S/C25H28N2O3/c1-17(28)26-21-10-13-23-20(14-25(29)30-24(23)15-21)16-27(2)22-11-8-19(9-12-22)18-6-4-3-5-7-18/h3-7,10,13-15,19,22H,8-9,11-12,16H2,1-2H3,(H,26,28). The molecule has 5 heteroatoms.